The highest BCUT2D eigenvalue weighted by molar-refractivity contribution is 14.0. The van der Waals surface area contributed by atoms with E-state index in [1.165, 1.54) is 31.2 Å². The molecule has 1 heterocycles. The lowest BCUT2D eigenvalue weighted by Crippen LogP contribution is -2.39. The average Bonchev–Trinajstić information content (AvgIpc) is 3.24. The summed E-state index contributed by atoms with van der Waals surface area (Å²) in [5, 5.41) is 11.2. The first kappa shape index (κ1) is 23.2. The molecule has 1 aromatic rings. The Kier molecular flexibility index (Phi) is 11.2. The molecule has 0 unspecified atom stereocenters. The molecule has 150 valence electrons. The molecule has 0 atom stereocenters. The second-order valence-electron chi connectivity index (χ2n) is 7.21. The Morgan fingerprint density at radius 2 is 2.12 bits per heavy atom. The van der Waals surface area contributed by atoms with E-state index in [0.29, 0.717) is 5.41 Å². The van der Waals surface area contributed by atoms with Gasteiger partial charge in [0.15, 0.2) is 5.96 Å². The van der Waals surface area contributed by atoms with E-state index in [9.17, 15) is 0 Å². The zero-order valence-corrected chi connectivity index (χ0v) is 18.9. The number of methoxy groups -OCH3 is 1. The van der Waals surface area contributed by atoms with Crippen molar-refractivity contribution in [3.63, 3.8) is 0 Å². The van der Waals surface area contributed by atoms with Crippen LogP contribution in [0.25, 0.3) is 0 Å². The Bertz CT molecular complexity index is 526. The normalized spacial score (nSPS) is 16.3. The zero-order valence-electron chi connectivity index (χ0n) is 16.6. The summed E-state index contributed by atoms with van der Waals surface area (Å²) in [5.74, 6) is 0.933. The average molecular weight is 477 g/mol. The molecule has 26 heavy (non-hydrogen) atoms. The topological polar surface area (TPSA) is 63.5 Å². The predicted molar refractivity (Wildman–Crippen MR) is 118 cm³/mol. The van der Waals surface area contributed by atoms with Crippen molar-refractivity contribution in [1.29, 1.82) is 0 Å². The third kappa shape index (κ3) is 7.82. The van der Waals surface area contributed by atoms with Gasteiger partial charge >= 0.3 is 0 Å². The first-order chi connectivity index (χ1) is 12.2. The monoisotopic (exact) mass is 477 g/mol. The summed E-state index contributed by atoms with van der Waals surface area (Å²) in [6.45, 7) is 8.62. The van der Waals surface area contributed by atoms with Crippen molar-refractivity contribution in [2.75, 3.05) is 33.4 Å². The van der Waals surface area contributed by atoms with E-state index in [2.05, 4.69) is 35.8 Å². The van der Waals surface area contributed by atoms with E-state index in [-0.39, 0.29) is 24.0 Å². The number of aromatic nitrogens is 2. The summed E-state index contributed by atoms with van der Waals surface area (Å²) < 4.78 is 7.32. The number of hydrogen-bond donors (Lipinski definition) is 2. The lowest BCUT2D eigenvalue weighted by Gasteiger charge is -2.27. The number of rotatable bonds is 10. The van der Waals surface area contributed by atoms with E-state index in [0.717, 1.165) is 51.6 Å². The molecule has 0 amide bonds. The summed E-state index contributed by atoms with van der Waals surface area (Å²) >= 11 is 0. The van der Waals surface area contributed by atoms with Crippen LogP contribution in [-0.4, -0.2) is 49.1 Å². The number of halogens is 1. The van der Waals surface area contributed by atoms with Crippen LogP contribution >= 0.6 is 24.0 Å². The number of aryl methyl sites for hydroxylation is 2. The van der Waals surface area contributed by atoms with Gasteiger partial charge in [-0.15, -0.1) is 24.0 Å². The molecular formula is C19H36IN5O. The third-order valence-corrected chi connectivity index (χ3v) is 5.04. The van der Waals surface area contributed by atoms with Crippen LogP contribution in [0.5, 0.6) is 0 Å². The minimum Gasteiger partial charge on any atom is -0.385 e. The Morgan fingerprint density at radius 3 is 2.73 bits per heavy atom. The Hall–Kier alpha value is -0.830. The summed E-state index contributed by atoms with van der Waals surface area (Å²) in [5.41, 5.74) is 1.55. The van der Waals surface area contributed by atoms with Gasteiger partial charge in [0.2, 0.25) is 0 Å². The van der Waals surface area contributed by atoms with Crippen LogP contribution in [0.15, 0.2) is 17.4 Å². The van der Waals surface area contributed by atoms with Gasteiger partial charge in [0, 0.05) is 46.1 Å². The molecule has 1 aromatic heterocycles. The van der Waals surface area contributed by atoms with Gasteiger partial charge in [-0.2, -0.15) is 5.10 Å². The second-order valence-corrected chi connectivity index (χ2v) is 7.21. The van der Waals surface area contributed by atoms with E-state index in [1.54, 1.807) is 7.11 Å². The molecule has 1 aliphatic rings. The minimum atomic E-state index is 0. The molecule has 1 fully saturated rings. The molecule has 1 saturated carbocycles. The molecule has 1 aliphatic carbocycles. The van der Waals surface area contributed by atoms with Gasteiger partial charge in [0.25, 0.3) is 0 Å². The first-order valence-electron chi connectivity index (χ1n) is 9.68. The number of nitrogens with zero attached hydrogens (tertiary/aromatic N) is 3. The first-order valence-corrected chi connectivity index (χ1v) is 9.68. The molecule has 6 nitrogen and oxygen atoms in total. The molecule has 2 N–H and O–H groups in total. The molecule has 0 spiro atoms. The highest BCUT2D eigenvalue weighted by Gasteiger charge is 2.33. The van der Waals surface area contributed by atoms with E-state index in [1.807, 2.05) is 10.9 Å². The lowest BCUT2D eigenvalue weighted by molar-refractivity contribution is 0.141. The van der Waals surface area contributed by atoms with E-state index < -0.39 is 0 Å². The van der Waals surface area contributed by atoms with Crippen molar-refractivity contribution in [1.82, 2.24) is 20.4 Å². The highest BCUT2D eigenvalue weighted by atomic mass is 127. The van der Waals surface area contributed by atoms with E-state index >= 15 is 0 Å². The van der Waals surface area contributed by atoms with Gasteiger partial charge in [-0.1, -0.05) is 12.8 Å². The lowest BCUT2D eigenvalue weighted by atomic mass is 9.83. The summed E-state index contributed by atoms with van der Waals surface area (Å²) in [7, 11) is 1.79. The van der Waals surface area contributed by atoms with Crippen LogP contribution in [0.4, 0.5) is 0 Å². The fraction of sp³-hybridized carbons (Fsp3) is 0.789. The molecule has 7 heteroatoms. The van der Waals surface area contributed by atoms with Crippen LogP contribution in [-0.2, 0) is 11.3 Å². The fourth-order valence-corrected chi connectivity index (χ4v) is 3.56. The largest absolute Gasteiger partial charge is 0.385 e. The van der Waals surface area contributed by atoms with Crippen molar-refractivity contribution in [3.05, 3.63) is 18.0 Å². The third-order valence-electron chi connectivity index (χ3n) is 5.04. The van der Waals surface area contributed by atoms with Crippen molar-refractivity contribution in [3.8, 4) is 0 Å². The van der Waals surface area contributed by atoms with Gasteiger partial charge in [-0.3, -0.25) is 9.67 Å². The summed E-state index contributed by atoms with van der Waals surface area (Å²) in [4.78, 5) is 4.89. The van der Waals surface area contributed by atoms with Gasteiger partial charge in [0.05, 0.1) is 6.20 Å². The summed E-state index contributed by atoms with van der Waals surface area (Å²) in [6, 6.07) is 0. The summed E-state index contributed by atoms with van der Waals surface area (Å²) in [6.07, 6.45) is 11.3. The number of ether oxygens (including phenoxy) is 1. The van der Waals surface area contributed by atoms with Crippen LogP contribution in [0, 0.1) is 12.3 Å². The standard InChI is InChI=1S/C19H35N5O.HI/c1-4-20-18(21-11-7-12-24-15-17(2)14-23-24)22-16-19(10-13-25-3)8-5-6-9-19;/h14-15H,4-13,16H2,1-3H3,(H2,20,21,22);1H. The smallest absolute Gasteiger partial charge is 0.191 e. The van der Waals surface area contributed by atoms with Crippen LogP contribution < -0.4 is 10.6 Å². The van der Waals surface area contributed by atoms with Crippen molar-refractivity contribution < 1.29 is 4.74 Å². The quantitative estimate of drug-likeness (QED) is 0.235. The maximum absolute atomic E-state index is 5.32. The second kappa shape index (κ2) is 12.5. The van der Waals surface area contributed by atoms with Crippen LogP contribution in [0.2, 0.25) is 0 Å². The molecule has 2 rings (SSSR count). The Morgan fingerprint density at radius 1 is 1.35 bits per heavy atom. The van der Waals surface area contributed by atoms with Crippen molar-refractivity contribution in [2.24, 2.45) is 10.4 Å². The minimum absolute atomic E-state index is 0. The molecule has 0 aliphatic heterocycles. The van der Waals surface area contributed by atoms with Gasteiger partial charge < -0.3 is 15.4 Å². The highest BCUT2D eigenvalue weighted by Crippen LogP contribution is 2.41. The van der Waals surface area contributed by atoms with Crippen molar-refractivity contribution in [2.45, 2.75) is 58.9 Å². The Labute approximate surface area is 175 Å². The van der Waals surface area contributed by atoms with Gasteiger partial charge in [-0.05, 0) is 50.5 Å². The molecule has 0 saturated heterocycles. The van der Waals surface area contributed by atoms with E-state index in [4.69, 9.17) is 9.73 Å². The maximum Gasteiger partial charge on any atom is 0.191 e. The van der Waals surface area contributed by atoms with Crippen LogP contribution in [0.3, 0.4) is 0 Å². The Balaban J connectivity index is 0.00000338. The SMILES string of the molecule is CCNC(=NCC1(CCOC)CCCC1)NCCCn1cc(C)cn1.I. The number of hydrogen-bond acceptors (Lipinski definition) is 3. The number of nitrogens with one attached hydrogen (secondary N) is 2. The fourth-order valence-electron chi connectivity index (χ4n) is 3.56. The number of guanidine groups is 1. The molecular weight excluding hydrogens is 441 g/mol. The zero-order chi connectivity index (χ0) is 18.0. The molecule has 0 bridgehead atoms. The van der Waals surface area contributed by atoms with Gasteiger partial charge in [-0.25, -0.2) is 0 Å². The number of aliphatic imine (C=N–C) groups is 1. The maximum atomic E-state index is 5.32. The van der Waals surface area contributed by atoms with Gasteiger partial charge in [0.1, 0.15) is 0 Å². The molecule has 0 radical (unpaired) electrons. The predicted octanol–water partition coefficient (Wildman–Crippen LogP) is 3.35. The molecule has 0 aromatic carbocycles. The van der Waals surface area contributed by atoms with Crippen molar-refractivity contribution >= 4 is 29.9 Å². The van der Waals surface area contributed by atoms with Crippen LogP contribution in [0.1, 0.15) is 51.0 Å².